The Bertz CT molecular complexity index is 827. The van der Waals surface area contributed by atoms with E-state index in [1.54, 1.807) is 17.9 Å². The van der Waals surface area contributed by atoms with Crippen molar-refractivity contribution in [1.82, 2.24) is 15.8 Å². The van der Waals surface area contributed by atoms with Gasteiger partial charge in [-0.15, -0.1) is 0 Å². The number of para-hydroxylation sites is 1. The fourth-order valence-corrected chi connectivity index (χ4v) is 3.15. The second-order valence-electron chi connectivity index (χ2n) is 6.30. The van der Waals surface area contributed by atoms with Crippen molar-refractivity contribution in [2.45, 2.75) is 26.7 Å². The first-order chi connectivity index (χ1) is 12.0. The predicted octanol–water partition coefficient (Wildman–Crippen LogP) is 1.76. The summed E-state index contributed by atoms with van der Waals surface area (Å²) in [5.74, 6) is -0.987. The molecule has 2 heterocycles. The van der Waals surface area contributed by atoms with Crippen molar-refractivity contribution in [2.75, 3.05) is 13.1 Å². The monoisotopic (exact) mass is 343 g/mol. The summed E-state index contributed by atoms with van der Waals surface area (Å²) in [5.41, 5.74) is 6.20. The number of amides is 3. The van der Waals surface area contributed by atoms with Crippen LogP contribution in [0.3, 0.4) is 0 Å². The number of hydrazine groups is 1. The van der Waals surface area contributed by atoms with E-state index in [1.165, 1.54) is 6.92 Å². The molecule has 1 saturated heterocycles. The maximum atomic E-state index is 12.3. The smallest absolute Gasteiger partial charge is 0.305 e. The number of piperidine rings is 1. The summed E-state index contributed by atoms with van der Waals surface area (Å²) in [6.07, 6.45) is 1.46. The van der Waals surface area contributed by atoms with Gasteiger partial charge in [0, 0.05) is 31.0 Å². The van der Waals surface area contributed by atoms with Gasteiger partial charge in [0.2, 0.25) is 11.8 Å². The minimum absolute atomic E-state index is 0.0422. The quantitative estimate of drug-likeness (QED) is 0.813. The summed E-state index contributed by atoms with van der Waals surface area (Å²) in [7, 11) is 0. The topological polar surface area (TPSA) is 91.7 Å². The van der Waals surface area contributed by atoms with Crippen LogP contribution in [0.2, 0.25) is 0 Å². The van der Waals surface area contributed by atoms with Gasteiger partial charge in [0.05, 0.1) is 5.92 Å². The van der Waals surface area contributed by atoms with Crippen LogP contribution in [0.5, 0.6) is 0 Å². The molecule has 0 bridgehead atoms. The molecule has 0 spiro atoms. The molecule has 3 rings (SSSR count). The predicted molar refractivity (Wildman–Crippen MR) is 91.5 cm³/mol. The Hall–Kier alpha value is -2.83. The van der Waals surface area contributed by atoms with Crippen molar-refractivity contribution < 1.29 is 18.8 Å². The van der Waals surface area contributed by atoms with Crippen LogP contribution in [0.15, 0.2) is 28.7 Å². The van der Waals surface area contributed by atoms with Crippen molar-refractivity contribution in [3.8, 4) is 0 Å². The SMILES string of the molecule is CC(=O)N1CCCC(C(=O)NNC(=O)c2oc3ccccc3c2C)C1. The maximum absolute atomic E-state index is 12.3. The third kappa shape index (κ3) is 3.50. The lowest BCUT2D eigenvalue weighted by atomic mass is 9.97. The minimum atomic E-state index is -0.499. The Kier molecular flexibility index (Phi) is 4.74. The molecule has 2 N–H and O–H groups in total. The summed E-state index contributed by atoms with van der Waals surface area (Å²) >= 11 is 0. The molecule has 1 aromatic heterocycles. The van der Waals surface area contributed by atoms with Crippen LogP contribution in [0.4, 0.5) is 0 Å². The summed E-state index contributed by atoms with van der Waals surface area (Å²) in [5, 5.41) is 0.864. The molecule has 0 saturated carbocycles. The van der Waals surface area contributed by atoms with Gasteiger partial charge in [0.15, 0.2) is 5.76 Å². The molecule has 2 aromatic rings. The van der Waals surface area contributed by atoms with Crippen LogP contribution >= 0.6 is 0 Å². The van der Waals surface area contributed by atoms with Gasteiger partial charge in [-0.1, -0.05) is 18.2 Å². The van der Waals surface area contributed by atoms with Crippen LogP contribution in [0, 0.1) is 12.8 Å². The molecule has 132 valence electrons. The number of carbonyl (C=O) groups is 3. The number of rotatable bonds is 2. The lowest BCUT2D eigenvalue weighted by Crippen LogP contribution is -2.49. The average Bonchev–Trinajstić information content (AvgIpc) is 2.96. The minimum Gasteiger partial charge on any atom is -0.451 e. The van der Waals surface area contributed by atoms with E-state index in [1.807, 2.05) is 18.2 Å². The van der Waals surface area contributed by atoms with Gasteiger partial charge >= 0.3 is 5.91 Å². The number of nitrogens with zero attached hydrogens (tertiary/aromatic N) is 1. The van der Waals surface area contributed by atoms with E-state index in [9.17, 15) is 14.4 Å². The van der Waals surface area contributed by atoms with Crippen molar-refractivity contribution in [2.24, 2.45) is 5.92 Å². The Labute approximate surface area is 145 Å². The van der Waals surface area contributed by atoms with Crippen LogP contribution in [0.1, 0.15) is 35.9 Å². The molecule has 7 heteroatoms. The van der Waals surface area contributed by atoms with Gasteiger partial charge < -0.3 is 9.32 Å². The molecule has 1 unspecified atom stereocenters. The van der Waals surface area contributed by atoms with Gasteiger partial charge in [0.25, 0.3) is 0 Å². The number of carbonyl (C=O) groups excluding carboxylic acids is 3. The number of hydrogen-bond acceptors (Lipinski definition) is 4. The van der Waals surface area contributed by atoms with E-state index in [-0.39, 0.29) is 23.5 Å². The Morgan fingerprint density at radius 2 is 1.96 bits per heavy atom. The molecule has 7 nitrogen and oxygen atoms in total. The first-order valence-electron chi connectivity index (χ1n) is 8.31. The highest BCUT2D eigenvalue weighted by Gasteiger charge is 2.27. The number of nitrogens with one attached hydrogen (secondary N) is 2. The third-order valence-corrected chi connectivity index (χ3v) is 4.59. The molecule has 0 aliphatic carbocycles. The normalized spacial score (nSPS) is 17.4. The lowest BCUT2D eigenvalue weighted by Gasteiger charge is -2.31. The van der Waals surface area contributed by atoms with Crippen molar-refractivity contribution >= 4 is 28.7 Å². The van der Waals surface area contributed by atoms with E-state index in [0.717, 1.165) is 17.4 Å². The second-order valence-corrected chi connectivity index (χ2v) is 6.30. The largest absolute Gasteiger partial charge is 0.451 e. The van der Waals surface area contributed by atoms with Crippen molar-refractivity contribution in [3.63, 3.8) is 0 Å². The van der Waals surface area contributed by atoms with Crippen molar-refractivity contribution in [1.29, 1.82) is 0 Å². The molecule has 1 atom stereocenters. The van der Waals surface area contributed by atoms with Gasteiger partial charge in [-0.2, -0.15) is 0 Å². The van der Waals surface area contributed by atoms with Crippen LogP contribution in [0.25, 0.3) is 11.0 Å². The number of fused-ring (bicyclic) bond motifs is 1. The second kappa shape index (κ2) is 6.96. The fraction of sp³-hybridized carbons (Fsp3) is 0.389. The molecular weight excluding hydrogens is 322 g/mol. The van der Waals surface area contributed by atoms with Gasteiger partial charge in [-0.05, 0) is 25.8 Å². The van der Waals surface area contributed by atoms with E-state index in [2.05, 4.69) is 10.9 Å². The number of likely N-dealkylation sites (tertiary alicyclic amines) is 1. The van der Waals surface area contributed by atoms with Crippen LogP contribution < -0.4 is 10.9 Å². The lowest BCUT2D eigenvalue weighted by molar-refractivity contribution is -0.134. The van der Waals surface area contributed by atoms with Gasteiger partial charge in [0.1, 0.15) is 5.58 Å². The highest BCUT2D eigenvalue weighted by molar-refractivity contribution is 5.99. The summed E-state index contributed by atoms with van der Waals surface area (Å²) < 4.78 is 5.57. The first-order valence-corrected chi connectivity index (χ1v) is 8.31. The molecule has 1 aliphatic rings. The Balaban J connectivity index is 1.62. The van der Waals surface area contributed by atoms with E-state index in [0.29, 0.717) is 25.1 Å². The van der Waals surface area contributed by atoms with Crippen LogP contribution in [-0.2, 0) is 9.59 Å². The van der Waals surface area contributed by atoms with E-state index in [4.69, 9.17) is 4.42 Å². The zero-order chi connectivity index (χ0) is 18.0. The molecule has 0 radical (unpaired) electrons. The standard InChI is InChI=1S/C18H21N3O4/c1-11-14-7-3-4-8-15(14)25-16(11)18(24)20-19-17(23)13-6-5-9-21(10-13)12(2)22/h3-4,7-8,13H,5-6,9-10H2,1-2H3,(H,19,23)(H,20,24). The maximum Gasteiger partial charge on any atom is 0.305 e. The van der Waals surface area contributed by atoms with E-state index >= 15 is 0 Å². The molecular formula is C18H21N3O4. The highest BCUT2D eigenvalue weighted by Crippen LogP contribution is 2.24. The number of furan rings is 1. The number of hydrogen-bond donors (Lipinski definition) is 2. The van der Waals surface area contributed by atoms with E-state index < -0.39 is 5.91 Å². The Morgan fingerprint density at radius 1 is 1.20 bits per heavy atom. The van der Waals surface area contributed by atoms with Gasteiger partial charge in [-0.3, -0.25) is 25.2 Å². The fourth-order valence-electron chi connectivity index (χ4n) is 3.15. The zero-order valence-corrected chi connectivity index (χ0v) is 14.3. The molecule has 3 amide bonds. The zero-order valence-electron chi connectivity index (χ0n) is 14.3. The summed E-state index contributed by atoms with van der Waals surface area (Å²) in [6.45, 7) is 4.34. The highest BCUT2D eigenvalue weighted by atomic mass is 16.3. The summed E-state index contributed by atoms with van der Waals surface area (Å²) in [4.78, 5) is 37.7. The third-order valence-electron chi connectivity index (χ3n) is 4.59. The molecule has 1 aromatic carbocycles. The summed E-state index contributed by atoms with van der Waals surface area (Å²) in [6, 6.07) is 7.37. The average molecular weight is 343 g/mol. The van der Waals surface area contributed by atoms with Crippen LogP contribution in [-0.4, -0.2) is 35.7 Å². The number of aryl methyl sites for hydroxylation is 1. The number of benzene rings is 1. The van der Waals surface area contributed by atoms with Gasteiger partial charge in [-0.25, -0.2) is 0 Å². The Morgan fingerprint density at radius 3 is 2.68 bits per heavy atom. The molecule has 25 heavy (non-hydrogen) atoms. The van der Waals surface area contributed by atoms with Crippen molar-refractivity contribution in [3.05, 3.63) is 35.6 Å². The first kappa shape index (κ1) is 17.0. The molecule has 1 aliphatic heterocycles. The molecule has 1 fully saturated rings.